The molecular formula is C20H14Cl3N. The average molecular weight is 375 g/mol. The average Bonchev–Trinajstić information content (AvgIpc) is 2.64. The van der Waals surface area contributed by atoms with Gasteiger partial charge in [0.05, 0.1) is 5.69 Å². The normalized spacial score (nSPS) is 12.2. The summed E-state index contributed by atoms with van der Waals surface area (Å²) in [5, 5.41) is 0.928. The molecule has 0 heterocycles. The zero-order chi connectivity index (χ0) is 17.0. The van der Waals surface area contributed by atoms with E-state index in [0.717, 1.165) is 11.1 Å². The topological polar surface area (TPSA) is 12.4 Å². The lowest BCUT2D eigenvalue weighted by Gasteiger charge is -2.27. The van der Waals surface area contributed by atoms with Crippen molar-refractivity contribution in [3.63, 3.8) is 0 Å². The summed E-state index contributed by atoms with van der Waals surface area (Å²) >= 11 is 19.6. The van der Waals surface area contributed by atoms with Gasteiger partial charge in [-0.1, -0.05) is 83.9 Å². The van der Waals surface area contributed by atoms with E-state index in [-0.39, 0.29) is 5.17 Å². The van der Waals surface area contributed by atoms with Crippen LogP contribution >= 0.6 is 34.8 Å². The van der Waals surface area contributed by atoms with Crippen molar-refractivity contribution in [1.82, 2.24) is 0 Å². The van der Waals surface area contributed by atoms with E-state index in [1.54, 1.807) is 24.3 Å². The molecule has 0 aliphatic rings. The number of halogens is 3. The second-order valence-corrected chi connectivity index (χ2v) is 6.63. The molecule has 0 unspecified atom stereocenters. The first-order chi connectivity index (χ1) is 11.6. The van der Waals surface area contributed by atoms with E-state index in [2.05, 4.69) is 4.99 Å². The molecule has 3 rings (SSSR count). The summed E-state index contributed by atoms with van der Waals surface area (Å²) in [5.74, 6) is 0. The SMILES string of the molecule is ClC(=Nc1ccc(Cl)cc1)C(Cl)(c1ccccc1)c1ccccc1. The minimum Gasteiger partial charge on any atom is -0.239 e. The number of rotatable bonds is 4. The minimum absolute atomic E-state index is 0.281. The van der Waals surface area contributed by atoms with E-state index in [0.29, 0.717) is 10.7 Å². The number of alkyl halides is 1. The Labute approximate surface area is 156 Å². The van der Waals surface area contributed by atoms with Gasteiger partial charge in [-0.3, -0.25) is 0 Å². The maximum Gasteiger partial charge on any atom is 0.147 e. The Bertz CT molecular complexity index is 788. The molecular weight excluding hydrogens is 361 g/mol. The summed E-state index contributed by atoms with van der Waals surface area (Å²) in [6.45, 7) is 0. The van der Waals surface area contributed by atoms with Crippen LogP contribution in [0.25, 0.3) is 0 Å². The highest BCUT2D eigenvalue weighted by Gasteiger charge is 2.37. The second kappa shape index (κ2) is 7.40. The molecule has 0 saturated carbocycles. The Morgan fingerprint density at radius 3 is 1.62 bits per heavy atom. The first-order valence-corrected chi connectivity index (χ1v) is 8.54. The molecule has 0 atom stereocenters. The molecule has 0 fully saturated rings. The molecule has 24 heavy (non-hydrogen) atoms. The van der Waals surface area contributed by atoms with Crippen LogP contribution in [-0.2, 0) is 4.87 Å². The fourth-order valence-corrected chi connectivity index (χ4v) is 3.18. The fourth-order valence-electron chi connectivity index (χ4n) is 2.45. The van der Waals surface area contributed by atoms with E-state index < -0.39 is 4.87 Å². The predicted octanol–water partition coefficient (Wildman–Crippen LogP) is 6.79. The van der Waals surface area contributed by atoms with Crippen LogP contribution in [0.4, 0.5) is 5.69 Å². The quantitative estimate of drug-likeness (QED) is 0.352. The fraction of sp³-hybridized carbons (Fsp3) is 0.0500. The first kappa shape index (κ1) is 17.0. The maximum atomic E-state index is 7.03. The molecule has 3 aromatic carbocycles. The zero-order valence-corrected chi connectivity index (χ0v) is 14.9. The van der Waals surface area contributed by atoms with Gasteiger partial charge >= 0.3 is 0 Å². The number of benzene rings is 3. The van der Waals surface area contributed by atoms with E-state index in [9.17, 15) is 0 Å². The number of hydrogen-bond acceptors (Lipinski definition) is 1. The Morgan fingerprint density at radius 1 is 0.708 bits per heavy atom. The Morgan fingerprint density at radius 2 is 1.17 bits per heavy atom. The van der Waals surface area contributed by atoms with Crippen LogP contribution < -0.4 is 0 Å². The predicted molar refractivity (Wildman–Crippen MR) is 104 cm³/mol. The lowest BCUT2D eigenvalue weighted by atomic mass is 9.91. The number of aliphatic imine (C=N–C) groups is 1. The summed E-state index contributed by atoms with van der Waals surface area (Å²) in [7, 11) is 0. The summed E-state index contributed by atoms with van der Waals surface area (Å²) in [4.78, 5) is 3.46. The van der Waals surface area contributed by atoms with Crippen molar-refractivity contribution in [1.29, 1.82) is 0 Å². The molecule has 4 heteroatoms. The highest BCUT2D eigenvalue weighted by atomic mass is 35.5. The van der Waals surface area contributed by atoms with E-state index in [1.807, 2.05) is 60.7 Å². The Kier molecular flexibility index (Phi) is 5.25. The van der Waals surface area contributed by atoms with Gasteiger partial charge in [0.1, 0.15) is 10.0 Å². The van der Waals surface area contributed by atoms with Crippen LogP contribution in [0.1, 0.15) is 11.1 Å². The minimum atomic E-state index is -1.05. The third kappa shape index (κ3) is 3.49. The van der Waals surface area contributed by atoms with E-state index >= 15 is 0 Å². The standard InChI is InChI=1S/C20H14Cl3N/c21-17-11-13-18(14-12-17)24-19(22)20(23,15-7-3-1-4-8-15)16-9-5-2-6-10-16/h1-14H. The van der Waals surface area contributed by atoms with Crippen molar-refractivity contribution < 1.29 is 0 Å². The summed E-state index contributed by atoms with van der Waals surface area (Å²) in [6.07, 6.45) is 0. The van der Waals surface area contributed by atoms with Crippen molar-refractivity contribution in [2.75, 3.05) is 0 Å². The molecule has 0 spiro atoms. The van der Waals surface area contributed by atoms with Gasteiger partial charge in [0.25, 0.3) is 0 Å². The molecule has 1 nitrogen and oxygen atoms in total. The van der Waals surface area contributed by atoms with Gasteiger partial charge in [0, 0.05) is 5.02 Å². The smallest absolute Gasteiger partial charge is 0.147 e. The molecule has 0 aliphatic carbocycles. The first-order valence-electron chi connectivity index (χ1n) is 7.41. The van der Waals surface area contributed by atoms with Crippen molar-refractivity contribution in [2.24, 2.45) is 4.99 Å². The van der Waals surface area contributed by atoms with Crippen molar-refractivity contribution >= 4 is 45.7 Å². The van der Waals surface area contributed by atoms with Crippen LogP contribution in [0.15, 0.2) is 89.9 Å². The monoisotopic (exact) mass is 373 g/mol. The summed E-state index contributed by atoms with van der Waals surface area (Å²) in [6, 6.07) is 26.5. The van der Waals surface area contributed by atoms with Crippen LogP contribution in [-0.4, -0.2) is 5.17 Å². The summed E-state index contributed by atoms with van der Waals surface area (Å²) in [5.41, 5.74) is 2.42. The lowest BCUT2D eigenvalue weighted by molar-refractivity contribution is 0.990. The van der Waals surface area contributed by atoms with Crippen LogP contribution in [0.5, 0.6) is 0 Å². The largest absolute Gasteiger partial charge is 0.239 e. The van der Waals surface area contributed by atoms with Gasteiger partial charge in [0.15, 0.2) is 0 Å². The number of nitrogens with zero attached hydrogens (tertiary/aromatic N) is 1. The maximum absolute atomic E-state index is 7.03. The third-order valence-electron chi connectivity index (χ3n) is 3.68. The van der Waals surface area contributed by atoms with Crippen LogP contribution in [0.2, 0.25) is 5.02 Å². The summed E-state index contributed by atoms with van der Waals surface area (Å²) < 4.78 is 0. The molecule has 0 aromatic heterocycles. The molecule has 0 amide bonds. The second-order valence-electron chi connectivity index (χ2n) is 5.27. The van der Waals surface area contributed by atoms with Gasteiger partial charge in [-0.05, 0) is 35.4 Å². The Hall–Kier alpha value is -1.80. The molecule has 3 aromatic rings. The van der Waals surface area contributed by atoms with Gasteiger partial charge < -0.3 is 0 Å². The van der Waals surface area contributed by atoms with Crippen molar-refractivity contribution in [2.45, 2.75) is 4.87 Å². The van der Waals surface area contributed by atoms with Gasteiger partial charge in [0.2, 0.25) is 0 Å². The lowest BCUT2D eigenvalue weighted by Crippen LogP contribution is -2.27. The molecule has 120 valence electrons. The molecule has 0 N–H and O–H groups in total. The Balaban J connectivity index is 2.13. The third-order valence-corrected chi connectivity index (χ3v) is 5.01. The van der Waals surface area contributed by atoms with E-state index in [1.165, 1.54) is 0 Å². The zero-order valence-electron chi connectivity index (χ0n) is 12.7. The van der Waals surface area contributed by atoms with Gasteiger partial charge in [-0.2, -0.15) is 0 Å². The number of hydrogen-bond donors (Lipinski definition) is 0. The van der Waals surface area contributed by atoms with E-state index in [4.69, 9.17) is 34.8 Å². The molecule has 0 saturated heterocycles. The van der Waals surface area contributed by atoms with Crippen LogP contribution in [0, 0.1) is 0 Å². The van der Waals surface area contributed by atoms with Gasteiger partial charge in [-0.15, -0.1) is 11.6 Å². The molecule has 0 radical (unpaired) electrons. The van der Waals surface area contributed by atoms with Crippen LogP contribution in [0.3, 0.4) is 0 Å². The molecule has 0 aliphatic heterocycles. The van der Waals surface area contributed by atoms with Crippen molar-refractivity contribution in [3.05, 3.63) is 101 Å². The highest BCUT2D eigenvalue weighted by Crippen LogP contribution is 2.40. The van der Waals surface area contributed by atoms with Crippen molar-refractivity contribution in [3.8, 4) is 0 Å². The van der Waals surface area contributed by atoms with Gasteiger partial charge in [-0.25, -0.2) is 4.99 Å². The highest BCUT2D eigenvalue weighted by molar-refractivity contribution is 6.73. The molecule has 0 bridgehead atoms.